The lowest BCUT2D eigenvalue weighted by Crippen LogP contribution is -2.37. The molecule has 0 saturated heterocycles. The highest BCUT2D eigenvalue weighted by Gasteiger charge is 2.21. The summed E-state index contributed by atoms with van der Waals surface area (Å²) in [5, 5.41) is 4.03. The molecule has 40 heavy (non-hydrogen) atoms. The lowest BCUT2D eigenvalue weighted by atomic mass is 10.0. The van der Waals surface area contributed by atoms with Crippen molar-refractivity contribution < 1.29 is 23.7 Å². The molecule has 1 atom stereocenters. The predicted molar refractivity (Wildman–Crippen MR) is 158 cm³/mol. The van der Waals surface area contributed by atoms with Crippen LogP contribution in [0.1, 0.15) is 5.69 Å². The SMILES string of the molecule is COc1ccc(-c2cnsc2-c2cc(OC)c(OC)c(OC)c2)cc1NC(=O)[C@H](N)Cc1cc2ccccc2[nH]1. The predicted octanol–water partition coefficient (Wildman–Crippen LogP) is 5.50. The molecule has 206 valence electrons. The van der Waals surface area contributed by atoms with Crippen LogP contribution in [0.3, 0.4) is 0 Å². The summed E-state index contributed by atoms with van der Waals surface area (Å²) >= 11 is 1.34. The van der Waals surface area contributed by atoms with E-state index in [4.69, 9.17) is 24.7 Å². The van der Waals surface area contributed by atoms with Gasteiger partial charge in [-0.15, -0.1) is 0 Å². The van der Waals surface area contributed by atoms with E-state index < -0.39 is 6.04 Å². The van der Waals surface area contributed by atoms with Gasteiger partial charge >= 0.3 is 0 Å². The minimum absolute atomic E-state index is 0.317. The lowest BCUT2D eigenvalue weighted by Gasteiger charge is -2.16. The number of nitrogens with two attached hydrogens (primary N) is 1. The van der Waals surface area contributed by atoms with E-state index in [9.17, 15) is 4.79 Å². The molecule has 0 radical (unpaired) electrons. The summed E-state index contributed by atoms with van der Waals surface area (Å²) < 4.78 is 26.5. The number of nitrogens with one attached hydrogen (secondary N) is 2. The first-order chi connectivity index (χ1) is 19.4. The van der Waals surface area contributed by atoms with Crippen LogP contribution in [-0.4, -0.2) is 49.7 Å². The monoisotopic (exact) mass is 558 g/mol. The molecule has 5 aromatic rings. The topological polar surface area (TPSA) is 121 Å². The Balaban J connectivity index is 1.42. The molecule has 9 nitrogen and oxygen atoms in total. The Labute approximate surface area is 236 Å². The second-order valence-corrected chi connectivity index (χ2v) is 9.88. The van der Waals surface area contributed by atoms with E-state index in [-0.39, 0.29) is 5.91 Å². The summed E-state index contributed by atoms with van der Waals surface area (Å²) in [6.07, 6.45) is 2.15. The van der Waals surface area contributed by atoms with Gasteiger partial charge in [0, 0.05) is 35.0 Å². The average molecular weight is 559 g/mol. The quantitative estimate of drug-likeness (QED) is 0.207. The van der Waals surface area contributed by atoms with Crippen LogP contribution < -0.4 is 30.0 Å². The molecule has 0 aliphatic heterocycles. The summed E-state index contributed by atoms with van der Waals surface area (Å²) in [6, 6.07) is 18.5. The maximum atomic E-state index is 13.1. The average Bonchev–Trinajstić information content (AvgIpc) is 3.63. The molecule has 3 aromatic carbocycles. The first-order valence-corrected chi connectivity index (χ1v) is 13.3. The van der Waals surface area contributed by atoms with Gasteiger partial charge in [0.1, 0.15) is 5.75 Å². The molecule has 10 heteroatoms. The van der Waals surface area contributed by atoms with Crippen molar-refractivity contribution in [3.63, 3.8) is 0 Å². The third kappa shape index (κ3) is 5.31. The van der Waals surface area contributed by atoms with E-state index in [1.54, 1.807) is 34.6 Å². The number of para-hydroxylation sites is 1. The highest BCUT2D eigenvalue weighted by atomic mass is 32.1. The van der Waals surface area contributed by atoms with Crippen molar-refractivity contribution in [3.8, 4) is 44.6 Å². The van der Waals surface area contributed by atoms with Crippen molar-refractivity contribution >= 4 is 34.0 Å². The van der Waals surface area contributed by atoms with E-state index in [2.05, 4.69) is 14.7 Å². The molecule has 2 heterocycles. The number of rotatable bonds is 10. The normalized spacial score (nSPS) is 11.7. The third-order valence-corrected chi connectivity index (χ3v) is 7.48. The van der Waals surface area contributed by atoms with Crippen LogP contribution >= 0.6 is 11.5 Å². The number of methoxy groups -OCH3 is 4. The fourth-order valence-corrected chi connectivity index (χ4v) is 5.39. The molecule has 0 unspecified atom stereocenters. The first kappa shape index (κ1) is 27.0. The van der Waals surface area contributed by atoms with Crippen molar-refractivity contribution in [1.82, 2.24) is 9.36 Å². The Morgan fingerprint density at radius 3 is 2.33 bits per heavy atom. The van der Waals surface area contributed by atoms with Crippen molar-refractivity contribution in [2.24, 2.45) is 5.73 Å². The number of amides is 1. The number of benzene rings is 3. The van der Waals surface area contributed by atoms with Crippen molar-refractivity contribution in [3.05, 3.63) is 72.6 Å². The van der Waals surface area contributed by atoms with Crippen LogP contribution in [0.2, 0.25) is 0 Å². The number of ether oxygens (including phenoxy) is 4. The first-order valence-electron chi connectivity index (χ1n) is 12.5. The molecule has 5 rings (SSSR count). The second-order valence-electron chi connectivity index (χ2n) is 9.08. The minimum atomic E-state index is -0.765. The van der Waals surface area contributed by atoms with Crippen molar-refractivity contribution in [1.29, 1.82) is 0 Å². The Morgan fingerprint density at radius 2 is 1.65 bits per heavy atom. The number of fused-ring (bicyclic) bond motifs is 1. The number of H-pyrrole nitrogens is 1. The van der Waals surface area contributed by atoms with E-state index in [1.807, 2.05) is 60.7 Å². The van der Waals surface area contributed by atoms with Gasteiger partial charge in [-0.25, -0.2) is 0 Å². The fourth-order valence-electron chi connectivity index (χ4n) is 4.64. The Bertz CT molecular complexity index is 1600. The molecule has 0 bridgehead atoms. The number of anilines is 1. The summed E-state index contributed by atoms with van der Waals surface area (Å²) in [6.45, 7) is 0. The summed E-state index contributed by atoms with van der Waals surface area (Å²) in [5.74, 6) is 1.80. The molecular weight excluding hydrogens is 528 g/mol. The number of hydrogen-bond acceptors (Lipinski definition) is 8. The maximum absolute atomic E-state index is 13.1. The number of aromatic amines is 1. The fraction of sp³-hybridized carbons (Fsp3) is 0.200. The number of hydrogen-bond donors (Lipinski definition) is 3. The van der Waals surface area contributed by atoms with Gasteiger partial charge in [-0.05, 0) is 58.9 Å². The van der Waals surface area contributed by atoms with Gasteiger partial charge < -0.3 is 35.0 Å². The van der Waals surface area contributed by atoms with Gasteiger partial charge in [0.2, 0.25) is 11.7 Å². The van der Waals surface area contributed by atoms with Gasteiger partial charge in [0.05, 0.1) is 45.0 Å². The molecule has 0 aliphatic rings. The van der Waals surface area contributed by atoms with E-state index in [0.717, 1.165) is 38.2 Å². The molecule has 2 aromatic heterocycles. The zero-order valence-electron chi connectivity index (χ0n) is 22.6. The van der Waals surface area contributed by atoms with Crippen LogP contribution in [0.15, 0.2) is 66.9 Å². The Morgan fingerprint density at radius 1 is 0.925 bits per heavy atom. The number of aromatic nitrogens is 2. The largest absolute Gasteiger partial charge is 0.495 e. The summed E-state index contributed by atoms with van der Waals surface area (Å²) in [4.78, 5) is 17.4. The van der Waals surface area contributed by atoms with Gasteiger partial charge in [0.15, 0.2) is 11.5 Å². The zero-order valence-corrected chi connectivity index (χ0v) is 23.4. The number of carbonyl (C=O) groups is 1. The van der Waals surface area contributed by atoms with Crippen LogP contribution in [0.5, 0.6) is 23.0 Å². The van der Waals surface area contributed by atoms with Gasteiger partial charge in [-0.1, -0.05) is 24.3 Å². The van der Waals surface area contributed by atoms with Crippen LogP contribution in [-0.2, 0) is 11.2 Å². The molecule has 4 N–H and O–H groups in total. The third-order valence-electron chi connectivity index (χ3n) is 6.63. The van der Waals surface area contributed by atoms with Gasteiger partial charge in [0.25, 0.3) is 0 Å². The smallest absolute Gasteiger partial charge is 0.241 e. The van der Waals surface area contributed by atoms with E-state index in [0.29, 0.717) is 35.1 Å². The van der Waals surface area contributed by atoms with Gasteiger partial charge in [-0.3, -0.25) is 4.79 Å². The minimum Gasteiger partial charge on any atom is -0.495 e. The molecule has 0 fully saturated rings. The highest BCUT2D eigenvalue weighted by molar-refractivity contribution is 7.10. The zero-order chi connectivity index (χ0) is 28.2. The van der Waals surface area contributed by atoms with Crippen molar-refractivity contribution in [2.45, 2.75) is 12.5 Å². The maximum Gasteiger partial charge on any atom is 0.241 e. The standard InChI is InChI=1S/C30H30N4O5S/c1-36-25-10-9-17(21-16-32-40-29(21)19-13-26(37-2)28(39-4)27(14-19)38-3)12-24(25)34-30(35)22(31)15-20-11-18-7-5-6-8-23(18)33-20/h5-14,16,22,33H,15,31H2,1-4H3,(H,34,35)/t22-/m1/s1. The van der Waals surface area contributed by atoms with Crippen LogP contribution in [0, 0.1) is 0 Å². The lowest BCUT2D eigenvalue weighted by molar-refractivity contribution is -0.117. The van der Waals surface area contributed by atoms with Crippen LogP contribution in [0.25, 0.3) is 32.5 Å². The summed E-state index contributed by atoms with van der Waals surface area (Å²) in [7, 11) is 6.28. The van der Waals surface area contributed by atoms with Gasteiger partial charge in [-0.2, -0.15) is 4.37 Å². The molecule has 0 saturated carbocycles. The Hall–Kier alpha value is -4.54. The number of nitrogens with zero attached hydrogens (tertiary/aromatic N) is 1. The number of carbonyl (C=O) groups excluding carboxylic acids is 1. The van der Waals surface area contributed by atoms with E-state index in [1.165, 1.54) is 11.5 Å². The Kier molecular flexibility index (Phi) is 7.90. The van der Waals surface area contributed by atoms with E-state index >= 15 is 0 Å². The highest BCUT2D eigenvalue weighted by Crippen LogP contribution is 2.45. The second kappa shape index (κ2) is 11.7. The molecule has 1 amide bonds. The van der Waals surface area contributed by atoms with Crippen molar-refractivity contribution in [2.75, 3.05) is 33.8 Å². The molecule has 0 spiro atoms. The molecule has 0 aliphatic carbocycles. The summed E-state index contributed by atoms with van der Waals surface area (Å²) in [5.41, 5.74) is 11.3. The molecular formula is C30H30N4O5S. The van der Waals surface area contributed by atoms with Crippen LogP contribution in [0.4, 0.5) is 5.69 Å².